The third-order valence-corrected chi connectivity index (χ3v) is 7.48. The minimum atomic E-state index is -3.58. The summed E-state index contributed by atoms with van der Waals surface area (Å²) in [7, 11) is -3.58. The number of benzene rings is 2. The maximum Gasteiger partial charge on any atom is 0.313 e. The van der Waals surface area contributed by atoms with E-state index in [1.165, 1.54) is 4.31 Å². The third kappa shape index (κ3) is 5.92. The third-order valence-electron chi connectivity index (χ3n) is 5.51. The van der Waals surface area contributed by atoms with E-state index in [4.69, 9.17) is 0 Å². The van der Waals surface area contributed by atoms with Crippen molar-refractivity contribution in [2.75, 3.05) is 18.4 Å². The Morgan fingerprint density at radius 1 is 1.00 bits per heavy atom. The fourth-order valence-corrected chi connectivity index (χ4v) is 5.50. The van der Waals surface area contributed by atoms with Crippen LogP contribution in [0.1, 0.15) is 38.2 Å². The molecule has 0 saturated carbocycles. The number of hydrogen-bond donors (Lipinski definition) is 2. The van der Waals surface area contributed by atoms with E-state index < -0.39 is 21.8 Å². The number of nitrogens with one attached hydrogen (secondary N) is 2. The van der Waals surface area contributed by atoms with Crippen LogP contribution in [0, 0.1) is 0 Å². The van der Waals surface area contributed by atoms with E-state index in [1.54, 1.807) is 42.5 Å². The van der Waals surface area contributed by atoms with Crippen LogP contribution in [0.15, 0.2) is 59.5 Å². The smallest absolute Gasteiger partial charge is 0.313 e. The molecule has 2 amide bonds. The molecular weight excluding hydrogens is 414 g/mol. The average Bonchev–Trinajstić information content (AvgIpc) is 2.80. The number of sulfonamides is 1. The monoisotopic (exact) mass is 443 g/mol. The molecule has 1 fully saturated rings. The Kier molecular flexibility index (Phi) is 7.81. The second kappa shape index (κ2) is 10.5. The quantitative estimate of drug-likeness (QED) is 0.643. The molecule has 1 unspecified atom stereocenters. The Labute approximate surface area is 183 Å². The van der Waals surface area contributed by atoms with Crippen molar-refractivity contribution >= 4 is 27.5 Å². The predicted octanol–water partition coefficient (Wildman–Crippen LogP) is 2.94. The fraction of sp³-hybridized carbons (Fsp3) is 0.391. The number of hydrogen-bond acceptors (Lipinski definition) is 4. The fourth-order valence-electron chi connectivity index (χ4n) is 3.75. The molecule has 3 rings (SSSR count). The van der Waals surface area contributed by atoms with Crippen molar-refractivity contribution in [3.63, 3.8) is 0 Å². The lowest BCUT2D eigenvalue weighted by molar-refractivity contribution is -0.136. The van der Waals surface area contributed by atoms with Gasteiger partial charge in [-0.1, -0.05) is 43.7 Å². The number of aryl methyl sites for hydroxylation is 1. The molecule has 1 aliphatic rings. The first-order chi connectivity index (χ1) is 14.9. The Morgan fingerprint density at radius 2 is 1.71 bits per heavy atom. The molecule has 0 spiro atoms. The molecule has 1 aliphatic heterocycles. The Hall–Kier alpha value is -2.71. The zero-order valence-corrected chi connectivity index (χ0v) is 18.5. The van der Waals surface area contributed by atoms with Gasteiger partial charge in [0.2, 0.25) is 10.0 Å². The molecule has 0 bridgehead atoms. The van der Waals surface area contributed by atoms with Crippen molar-refractivity contribution in [2.24, 2.45) is 0 Å². The molecule has 0 aromatic heterocycles. The van der Waals surface area contributed by atoms with Crippen molar-refractivity contribution < 1.29 is 18.0 Å². The predicted molar refractivity (Wildman–Crippen MR) is 120 cm³/mol. The normalized spacial score (nSPS) is 17.1. The van der Waals surface area contributed by atoms with Gasteiger partial charge in [-0.3, -0.25) is 9.59 Å². The van der Waals surface area contributed by atoms with Crippen LogP contribution < -0.4 is 10.6 Å². The highest BCUT2D eigenvalue weighted by Gasteiger charge is 2.33. The largest absolute Gasteiger partial charge is 0.348 e. The van der Waals surface area contributed by atoms with E-state index in [9.17, 15) is 18.0 Å². The SMILES string of the molecule is CCc1ccc(NC(=O)C(=O)NCCC2CCCCN2S(=O)(=O)c2ccccc2)cc1. The summed E-state index contributed by atoms with van der Waals surface area (Å²) in [5.41, 5.74) is 1.70. The maximum atomic E-state index is 13.0. The van der Waals surface area contributed by atoms with Crippen molar-refractivity contribution in [2.45, 2.75) is 50.0 Å². The van der Waals surface area contributed by atoms with Gasteiger partial charge in [-0.25, -0.2) is 8.42 Å². The first-order valence-corrected chi connectivity index (χ1v) is 12.1. The van der Waals surface area contributed by atoms with Crippen LogP contribution in [0.25, 0.3) is 0 Å². The van der Waals surface area contributed by atoms with Crippen LogP contribution in [0.4, 0.5) is 5.69 Å². The summed E-state index contributed by atoms with van der Waals surface area (Å²) in [6.07, 6.45) is 3.84. The van der Waals surface area contributed by atoms with Gasteiger partial charge in [0.25, 0.3) is 0 Å². The van der Waals surface area contributed by atoms with E-state index in [2.05, 4.69) is 10.6 Å². The number of anilines is 1. The second-order valence-corrected chi connectivity index (χ2v) is 9.52. The van der Waals surface area contributed by atoms with Crippen LogP contribution in [-0.2, 0) is 26.0 Å². The highest BCUT2D eigenvalue weighted by Crippen LogP contribution is 2.26. The highest BCUT2D eigenvalue weighted by atomic mass is 32.2. The average molecular weight is 444 g/mol. The van der Waals surface area contributed by atoms with Crippen molar-refractivity contribution in [3.8, 4) is 0 Å². The van der Waals surface area contributed by atoms with E-state index in [1.807, 2.05) is 19.1 Å². The van der Waals surface area contributed by atoms with E-state index >= 15 is 0 Å². The molecule has 1 atom stereocenters. The minimum absolute atomic E-state index is 0.205. The van der Waals surface area contributed by atoms with E-state index in [0.717, 1.165) is 31.2 Å². The zero-order valence-electron chi connectivity index (χ0n) is 17.7. The molecule has 166 valence electrons. The van der Waals surface area contributed by atoms with Crippen molar-refractivity contribution in [3.05, 3.63) is 60.2 Å². The molecule has 31 heavy (non-hydrogen) atoms. The van der Waals surface area contributed by atoms with Gasteiger partial charge in [-0.05, 0) is 55.5 Å². The number of rotatable bonds is 7. The number of carbonyl (C=O) groups is 2. The Morgan fingerprint density at radius 3 is 2.39 bits per heavy atom. The molecule has 1 saturated heterocycles. The molecule has 8 heteroatoms. The lowest BCUT2D eigenvalue weighted by Crippen LogP contribution is -2.45. The summed E-state index contributed by atoms with van der Waals surface area (Å²) in [6, 6.07) is 15.5. The van der Waals surface area contributed by atoms with Gasteiger partial charge in [-0.2, -0.15) is 4.31 Å². The Bertz CT molecular complexity index is 991. The molecule has 0 radical (unpaired) electrons. The van der Waals surface area contributed by atoms with Gasteiger partial charge < -0.3 is 10.6 Å². The van der Waals surface area contributed by atoms with Gasteiger partial charge in [0, 0.05) is 24.8 Å². The minimum Gasteiger partial charge on any atom is -0.348 e. The lowest BCUT2D eigenvalue weighted by Gasteiger charge is -2.34. The summed E-state index contributed by atoms with van der Waals surface area (Å²) >= 11 is 0. The van der Waals surface area contributed by atoms with Crippen LogP contribution in [0.2, 0.25) is 0 Å². The molecule has 0 aliphatic carbocycles. The second-order valence-electron chi connectivity index (χ2n) is 7.63. The summed E-state index contributed by atoms with van der Waals surface area (Å²) < 4.78 is 27.6. The van der Waals surface area contributed by atoms with Crippen molar-refractivity contribution in [1.29, 1.82) is 0 Å². The molecule has 2 aromatic carbocycles. The standard InChI is InChI=1S/C23H29N3O4S/c1-2-18-11-13-19(14-12-18)25-23(28)22(27)24-16-15-20-8-6-7-17-26(20)31(29,30)21-9-4-3-5-10-21/h3-5,9-14,20H,2,6-8,15-17H2,1H3,(H,24,27)(H,25,28). The van der Waals surface area contributed by atoms with E-state index in [-0.39, 0.29) is 17.5 Å². The summed E-state index contributed by atoms with van der Waals surface area (Å²) in [6.45, 7) is 2.73. The van der Waals surface area contributed by atoms with E-state index in [0.29, 0.717) is 18.7 Å². The molecule has 2 aromatic rings. The summed E-state index contributed by atoms with van der Waals surface area (Å²) in [4.78, 5) is 24.6. The number of nitrogens with zero attached hydrogens (tertiary/aromatic N) is 1. The van der Waals surface area contributed by atoms with Gasteiger partial charge in [0.1, 0.15) is 0 Å². The van der Waals surface area contributed by atoms with Crippen LogP contribution in [-0.4, -0.2) is 43.7 Å². The summed E-state index contributed by atoms with van der Waals surface area (Å²) in [5.74, 6) is -1.46. The molecule has 7 nitrogen and oxygen atoms in total. The summed E-state index contributed by atoms with van der Waals surface area (Å²) in [5, 5.41) is 5.19. The van der Waals surface area contributed by atoms with Gasteiger partial charge >= 0.3 is 11.8 Å². The maximum absolute atomic E-state index is 13.0. The van der Waals surface area contributed by atoms with Crippen LogP contribution >= 0.6 is 0 Å². The first-order valence-electron chi connectivity index (χ1n) is 10.7. The van der Waals surface area contributed by atoms with Crippen LogP contribution in [0.3, 0.4) is 0 Å². The first kappa shape index (κ1) is 23.0. The van der Waals surface area contributed by atoms with Crippen LogP contribution in [0.5, 0.6) is 0 Å². The molecular formula is C23H29N3O4S. The topological polar surface area (TPSA) is 95.6 Å². The van der Waals surface area contributed by atoms with Crippen molar-refractivity contribution in [1.82, 2.24) is 9.62 Å². The van der Waals surface area contributed by atoms with Gasteiger partial charge in [0.05, 0.1) is 4.90 Å². The number of piperidine rings is 1. The molecule has 1 heterocycles. The lowest BCUT2D eigenvalue weighted by atomic mass is 10.0. The van der Waals surface area contributed by atoms with Gasteiger partial charge in [0.15, 0.2) is 0 Å². The highest BCUT2D eigenvalue weighted by molar-refractivity contribution is 7.89. The zero-order chi connectivity index (χ0) is 22.3. The molecule has 2 N–H and O–H groups in total. The number of carbonyl (C=O) groups excluding carboxylic acids is 2. The number of amides is 2. The Balaban J connectivity index is 1.54. The van der Waals surface area contributed by atoms with Gasteiger partial charge in [-0.15, -0.1) is 0 Å².